The second-order valence-corrected chi connectivity index (χ2v) is 6.49. The van der Waals surface area contributed by atoms with Crippen molar-refractivity contribution in [3.63, 3.8) is 0 Å². The van der Waals surface area contributed by atoms with Crippen LogP contribution < -0.4 is 21.4 Å². The topological polar surface area (TPSA) is 61.5 Å². The van der Waals surface area contributed by atoms with Crippen LogP contribution in [0, 0.1) is 0 Å². The lowest BCUT2D eigenvalue weighted by atomic mass is 9.75. The van der Waals surface area contributed by atoms with E-state index >= 15 is 0 Å². The molecule has 0 saturated heterocycles. The van der Waals surface area contributed by atoms with Crippen molar-refractivity contribution < 1.29 is 14.3 Å². The number of hydrogen-bond acceptors (Lipinski definition) is 4. The number of rotatable bonds is 0. The van der Waals surface area contributed by atoms with Crippen LogP contribution in [0.2, 0.25) is 0 Å². The van der Waals surface area contributed by atoms with Crippen LogP contribution in [-0.2, 0) is 10.3 Å². The number of esters is 1. The summed E-state index contributed by atoms with van der Waals surface area (Å²) in [5, 5.41) is 0. The van der Waals surface area contributed by atoms with Gasteiger partial charge in [0.15, 0.2) is 5.60 Å². The third kappa shape index (κ3) is 1.84. The van der Waals surface area contributed by atoms with Gasteiger partial charge in [0, 0.05) is 22.4 Å². The number of anilines is 1. The van der Waals surface area contributed by atoms with Gasteiger partial charge in [-0.2, -0.15) is 0 Å². The van der Waals surface area contributed by atoms with Crippen LogP contribution in [0.3, 0.4) is 0 Å². The highest BCUT2D eigenvalue weighted by atomic mass is 16.6. The van der Waals surface area contributed by atoms with Gasteiger partial charge in [-0.15, -0.1) is 0 Å². The number of fused-ring (bicyclic) bond motifs is 6. The predicted octanol–water partition coefficient (Wildman–Crippen LogP) is 1.42. The van der Waals surface area contributed by atoms with Gasteiger partial charge in [-0.3, -0.25) is 0 Å². The molecule has 2 aliphatic rings. The van der Waals surface area contributed by atoms with Crippen LogP contribution in [0.5, 0.6) is 11.5 Å². The third-order valence-electron chi connectivity index (χ3n) is 4.88. The quantitative estimate of drug-likeness (QED) is 0.384. The first-order valence-electron chi connectivity index (χ1n) is 8.10. The molecule has 0 fully saturated rings. The molecular formula is C20H11B2NO3. The van der Waals surface area contributed by atoms with Crippen molar-refractivity contribution in [3.05, 3.63) is 76.9 Å². The van der Waals surface area contributed by atoms with Crippen LogP contribution in [0.1, 0.15) is 27.0 Å². The van der Waals surface area contributed by atoms with Gasteiger partial charge in [0.05, 0.1) is 5.56 Å². The molecule has 0 unspecified atom stereocenters. The Balaban J connectivity index is 1.92. The van der Waals surface area contributed by atoms with E-state index < -0.39 is 11.6 Å². The van der Waals surface area contributed by atoms with Crippen molar-refractivity contribution in [1.29, 1.82) is 0 Å². The number of carbonyl (C=O) groups is 1. The molecule has 26 heavy (non-hydrogen) atoms. The molecule has 2 aliphatic heterocycles. The number of nitrogen functional groups attached to an aromatic ring is 1. The largest absolute Gasteiger partial charge is 0.456 e. The van der Waals surface area contributed by atoms with Crippen LogP contribution in [0.4, 0.5) is 5.69 Å². The predicted molar refractivity (Wildman–Crippen MR) is 99.9 cm³/mol. The first-order chi connectivity index (χ1) is 12.5. The molecule has 3 aromatic carbocycles. The summed E-state index contributed by atoms with van der Waals surface area (Å²) in [7, 11) is 11.9. The zero-order chi connectivity index (χ0) is 18.1. The lowest BCUT2D eigenvalue weighted by Crippen LogP contribution is -2.34. The van der Waals surface area contributed by atoms with Gasteiger partial charge in [-0.1, -0.05) is 35.2 Å². The number of carbonyl (C=O) groups excluding carboxylic acids is 1. The molecule has 4 radical (unpaired) electrons. The average molecular weight is 335 g/mol. The Morgan fingerprint density at radius 3 is 2.04 bits per heavy atom. The van der Waals surface area contributed by atoms with Gasteiger partial charge in [-0.25, -0.2) is 4.79 Å². The van der Waals surface area contributed by atoms with E-state index in [1.165, 1.54) is 0 Å². The minimum Gasteiger partial charge on any atom is -0.456 e. The first-order valence-corrected chi connectivity index (χ1v) is 8.10. The summed E-state index contributed by atoms with van der Waals surface area (Å²) < 4.78 is 12.0. The Labute approximate surface area is 152 Å². The molecule has 6 heteroatoms. The summed E-state index contributed by atoms with van der Waals surface area (Å²) in [5.74, 6) is 0.629. The standard InChI is InChI=1S/C20H11B2NO3/c21-10-1-5-14-17(7-10)25-18-8-11(22)2-6-15(18)20(14)16-9-12(23)3-4-13(16)19(24)26-20/h1-9H,23H2. The van der Waals surface area contributed by atoms with E-state index in [0.29, 0.717) is 50.4 Å². The molecule has 0 aliphatic carbocycles. The highest BCUT2D eigenvalue weighted by molar-refractivity contribution is 6.33. The summed E-state index contributed by atoms with van der Waals surface area (Å²) in [6.45, 7) is 0. The van der Waals surface area contributed by atoms with Gasteiger partial charge >= 0.3 is 5.97 Å². The fraction of sp³-hybridized carbons (Fsp3) is 0.0500. The molecule has 2 heterocycles. The maximum absolute atomic E-state index is 12.7. The molecule has 0 atom stereocenters. The summed E-state index contributed by atoms with van der Waals surface area (Å²) in [5.41, 5.74) is 9.06. The first kappa shape index (κ1) is 15.1. The summed E-state index contributed by atoms with van der Waals surface area (Å²) in [4.78, 5) is 12.7. The Kier molecular flexibility index (Phi) is 2.88. The van der Waals surface area contributed by atoms with Crippen molar-refractivity contribution in [2.45, 2.75) is 5.60 Å². The molecule has 2 N–H and O–H groups in total. The fourth-order valence-electron chi connectivity index (χ4n) is 3.77. The number of nitrogens with two attached hydrogens (primary N) is 1. The van der Waals surface area contributed by atoms with Gasteiger partial charge < -0.3 is 15.2 Å². The van der Waals surface area contributed by atoms with E-state index in [1.807, 2.05) is 12.1 Å². The Bertz CT molecular complexity index is 1060. The van der Waals surface area contributed by atoms with Crippen molar-refractivity contribution in [1.82, 2.24) is 0 Å². The zero-order valence-electron chi connectivity index (χ0n) is 13.7. The van der Waals surface area contributed by atoms with Gasteiger partial charge in [-0.05, 0) is 30.3 Å². The second kappa shape index (κ2) is 4.94. The molecular weight excluding hydrogens is 324 g/mol. The monoisotopic (exact) mass is 335 g/mol. The van der Waals surface area contributed by atoms with E-state index in [-0.39, 0.29) is 0 Å². The Morgan fingerprint density at radius 1 is 0.808 bits per heavy atom. The second-order valence-electron chi connectivity index (χ2n) is 6.49. The van der Waals surface area contributed by atoms with Crippen LogP contribution >= 0.6 is 0 Å². The van der Waals surface area contributed by atoms with E-state index in [4.69, 9.17) is 30.9 Å². The van der Waals surface area contributed by atoms with Crippen LogP contribution in [0.25, 0.3) is 0 Å². The molecule has 4 nitrogen and oxygen atoms in total. The average Bonchev–Trinajstić information content (AvgIpc) is 2.87. The van der Waals surface area contributed by atoms with Crippen molar-refractivity contribution in [2.75, 3.05) is 5.73 Å². The molecule has 120 valence electrons. The molecule has 0 aromatic heterocycles. The highest BCUT2D eigenvalue weighted by Gasteiger charge is 2.53. The lowest BCUT2D eigenvalue weighted by molar-refractivity contribution is 0.0224. The minimum absolute atomic E-state index is 0.410. The number of hydrogen-bond donors (Lipinski definition) is 1. The zero-order valence-corrected chi connectivity index (χ0v) is 13.7. The van der Waals surface area contributed by atoms with E-state index in [0.717, 1.165) is 0 Å². The Hall–Kier alpha value is -3.14. The van der Waals surface area contributed by atoms with Crippen molar-refractivity contribution >= 4 is 38.3 Å². The number of benzene rings is 3. The fourth-order valence-corrected chi connectivity index (χ4v) is 3.77. The van der Waals surface area contributed by atoms with Crippen LogP contribution in [-0.4, -0.2) is 21.7 Å². The Morgan fingerprint density at radius 2 is 1.42 bits per heavy atom. The molecule has 0 saturated carbocycles. The summed E-state index contributed by atoms with van der Waals surface area (Å²) in [6, 6.07) is 15.7. The maximum Gasteiger partial charge on any atom is 0.340 e. The van der Waals surface area contributed by atoms with Gasteiger partial charge in [0.2, 0.25) is 0 Å². The molecule has 0 bridgehead atoms. The minimum atomic E-state index is -1.15. The number of ether oxygens (including phenoxy) is 2. The smallest absolute Gasteiger partial charge is 0.340 e. The van der Waals surface area contributed by atoms with Crippen molar-refractivity contribution in [2.24, 2.45) is 0 Å². The molecule has 1 spiro atoms. The summed E-state index contributed by atoms with van der Waals surface area (Å²) in [6.07, 6.45) is 0. The summed E-state index contributed by atoms with van der Waals surface area (Å²) >= 11 is 0. The van der Waals surface area contributed by atoms with Crippen molar-refractivity contribution in [3.8, 4) is 11.5 Å². The molecule has 0 amide bonds. The van der Waals surface area contributed by atoms with Gasteiger partial charge in [0.25, 0.3) is 0 Å². The van der Waals surface area contributed by atoms with E-state index in [1.54, 1.807) is 42.5 Å². The highest BCUT2D eigenvalue weighted by Crippen LogP contribution is 2.55. The molecule has 3 aromatic rings. The lowest BCUT2D eigenvalue weighted by Gasteiger charge is -2.37. The maximum atomic E-state index is 12.7. The van der Waals surface area contributed by atoms with E-state index in [9.17, 15) is 4.79 Å². The van der Waals surface area contributed by atoms with E-state index in [2.05, 4.69) is 0 Å². The SMILES string of the molecule is [B]c1ccc2c(c1)Oc1cc([B])ccc1C21OC(=O)c2ccc(N)cc21. The third-order valence-corrected chi connectivity index (χ3v) is 4.88. The molecule has 5 rings (SSSR count). The van der Waals surface area contributed by atoms with Crippen LogP contribution in [0.15, 0.2) is 54.6 Å². The van der Waals surface area contributed by atoms with Gasteiger partial charge in [0.1, 0.15) is 27.2 Å². The normalized spacial score (nSPS) is 15.6.